The molecule has 9 nitrogen and oxygen atoms in total. The van der Waals surface area contributed by atoms with E-state index in [1.54, 1.807) is 18.2 Å². The molecule has 0 saturated heterocycles. The van der Waals surface area contributed by atoms with Gasteiger partial charge in [-0.1, -0.05) is 133 Å². The molecule has 0 spiro atoms. The average Bonchev–Trinajstić information content (AvgIpc) is 4.28. The maximum absolute atomic E-state index is 8.73. The number of para-hydroxylation sites is 4. The maximum Gasteiger partial charge on any atom is 0.200 e. The van der Waals surface area contributed by atoms with Gasteiger partial charge in [0, 0.05) is 54.8 Å². The highest BCUT2D eigenvalue weighted by molar-refractivity contribution is 6.15. The second kappa shape index (κ2) is 17.7. The van der Waals surface area contributed by atoms with Gasteiger partial charge in [-0.05, 0) is 108 Å². The summed E-state index contributed by atoms with van der Waals surface area (Å²) in [5.74, 6) is 0.454. The van der Waals surface area contributed by atoms with Gasteiger partial charge in [-0.15, -0.1) is 0 Å². The predicted octanol–water partition coefficient (Wildman–Crippen LogP) is 18.6. The van der Waals surface area contributed by atoms with Crippen molar-refractivity contribution in [2.75, 3.05) is 0 Å². The van der Waals surface area contributed by atoms with E-state index < -0.39 is 0 Å². The monoisotopic (exact) mass is 979 g/mol. The molecule has 4 heterocycles. The first-order valence-corrected chi connectivity index (χ1v) is 24.9. The second-order valence-corrected chi connectivity index (χ2v) is 18.9. The molecule has 10 aromatic carbocycles. The van der Waals surface area contributed by atoms with E-state index in [2.05, 4.69) is 167 Å². The van der Waals surface area contributed by atoms with E-state index >= 15 is 0 Å². The van der Waals surface area contributed by atoms with Crippen LogP contribution in [0.1, 0.15) is 0 Å². The zero-order valence-corrected chi connectivity index (χ0v) is 40.9. The van der Waals surface area contributed by atoms with Crippen molar-refractivity contribution in [3.63, 3.8) is 0 Å². The van der Waals surface area contributed by atoms with Crippen LogP contribution in [0.15, 0.2) is 224 Å². The van der Waals surface area contributed by atoms with Crippen LogP contribution in [-0.4, -0.2) is 23.7 Å². The molecular weight excluding hydrogens is 943 g/mol. The van der Waals surface area contributed by atoms with Gasteiger partial charge in [0.25, 0.3) is 0 Å². The number of hydrogen-bond acceptors (Lipinski definition) is 2. The summed E-state index contributed by atoms with van der Waals surface area (Å²) in [6.07, 6.45) is 0. The van der Waals surface area contributed by atoms with Gasteiger partial charge in [0.05, 0.1) is 76.5 Å². The molecule has 0 aliphatic rings. The van der Waals surface area contributed by atoms with Crippen LogP contribution in [0.3, 0.4) is 0 Å². The van der Waals surface area contributed by atoms with Gasteiger partial charge in [0.15, 0.2) is 17.2 Å². The van der Waals surface area contributed by atoms with Gasteiger partial charge in [-0.2, -0.15) is 0 Å². The lowest BCUT2D eigenvalue weighted by Crippen LogP contribution is -1.97. The Labute approximate surface area is 441 Å². The van der Waals surface area contributed by atoms with Crippen molar-refractivity contribution in [3.8, 4) is 62.1 Å². The maximum atomic E-state index is 8.73. The van der Waals surface area contributed by atoms with E-state index in [4.69, 9.17) is 36.3 Å². The van der Waals surface area contributed by atoms with Gasteiger partial charge >= 0.3 is 0 Å². The van der Waals surface area contributed by atoms with Crippen molar-refractivity contribution in [1.82, 2.24) is 23.7 Å². The van der Waals surface area contributed by atoms with Crippen LogP contribution in [-0.2, 0) is 0 Å². The minimum absolute atomic E-state index is 0.350. The minimum atomic E-state index is 0.350. The van der Waals surface area contributed by atoms with Gasteiger partial charge in [0.1, 0.15) is 0 Å². The lowest BCUT2D eigenvalue weighted by molar-refractivity contribution is 1.17. The van der Waals surface area contributed by atoms with E-state index in [0.717, 1.165) is 77.5 Å². The molecule has 14 aromatic rings. The molecule has 14 rings (SSSR count). The summed E-state index contributed by atoms with van der Waals surface area (Å²) >= 11 is 0. The smallest absolute Gasteiger partial charge is 0.200 e. The van der Waals surface area contributed by atoms with Gasteiger partial charge in [-0.25, -0.2) is 29.3 Å². The van der Waals surface area contributed by atoms with Gasteiger partial charge < -0.3 is 13.7 Å². The Morgan fingerprint density at radius 1 is 0.286 bits per heavy atom. The standard InChI is InChI=1S/C68H37N9/c1-69-47-17-13-15-44(35-47)58-41-57(73-68(74-58)45-16-14-18-48(36-45)70-2)43-29-27-42(28-30-43)46-37-59(71-3)67(60(38-46)72-4)77-65-33-31-49(75-61-23-9-5-19-51(61)52-20-6-10-24-62(52)75)39-55(65)56-40-50(32-34-66(56)77)76-63-25-11-7-21-53(63)54-22-8-12-26-64(54)76/h5-41H. The van der Waals surface area contributed by atoms with E-state index in [0.29, 0.717) is 51.2 Å². The van der Waals surface area contributed by atoms with Crippen LogP contribution in [0.4, 0.5) is 22.7 Å². The molecule has 0 unspecified atom stereocenters. The lowest BCUT2D eigenvalue weighted by atomic mass is 10.00. The molecule has 0 saturated carbocycles. The Kier molecular flexibility index (Phi) is 10.2. The summed E-state index contributed by atoms with van der Waals surface area (Å²) in [5.41, 5.74) is 15.5. The SMILES string of the molecule is [C-]#[N+]c1cccc(-c2cc(-c3ccc(-c4cc([N+]#[C-])c(-n5c6ccc(-n7c8ccccc8c8ccccc87)cc6c6cc(-n7c8ccccc8c8ccccc87)ccc65)c([N+]#[C-])c4)cc3)nc(-c3cccc([N+]#[C-])c3)n2)c1. The zero-order valence-electron chi connectivity index (χ0n) is 40.9. The van der Waals surface area contributed by atoms with Crippen LogP contribution < -0.4 is 0 Å². The van der Waals surface area contributed by atoms with E-state index in [1.807, 2.05) is 72.8 Å². The molecule has 0 N–H and O–H groups in total. The van der Waals surface area contributed by atoms with Crippen LogP contribution in [0, 0.1) is 26.3 Å². The third kappa shape index (κ3) is 7.13. The van der Waals surface area contributed by atoms with Crippen LogP contribution >= 0.6 is 0 Å². The van der Waals surface area contributed by atoms with Crippen LogP contribution in [0.5, 0.6) is 0 Å². The topological polar surface area (TPSA) is 58.0 Å². The summed E-state index contributed by atoms with van der Waals surface area (Å²) in [5, 5.41) is 6.68. The number of fused-ring (bicyclic) bond motifs is 9. The average molecular weight is 980 g/mol. The quantitative estimate of drug-likeness (QED) is 0.149. The zero-order chi connectivity index (χ0) is 51.7. The molecule has 0 fully saturated rings. The van der Waals surface area contributed by atoms with Crippen LogP contribution in [0.25, 0.3) is 147 Å². The third-order valence-electron chi connectivity index (χ3n) is 14.7. The fraction of sp³-hybridized carbons (Fsp3) is 0. The number of rotatable bonds is 7. The first kappa shape index (κ1) is 44.3. The van der Waals surface area contributed by atoms with E-state index in [-0.39, 0.29) is 0 Å². The summed E-state index contributed by atoms with van der Waals surface area (Å²) in [4.78, 5) is 25.5. The van der Waals surface area contributed by atoms with Crippen molar-refractivity contribution in [2.24, 2.45) is 0 Å². The van der Waals surface area contributed by atoms with Gasteiger partial charge in [-0.3, -0.25) is 0 Å². The first-order valence-electron chi connectivity index (χ1n) is 24.9. The Bertz CT molecular complexity index is 4600. The highest BCUT2D eigenvalue weighted by Crippen LogP contribution is 2.46. The van der Waals surface area contributed by atoms with Crippen molar-refractivity contribution >= 4 is 88.2 Å². The van der Waals surface area contributed by atoms with Crippen molar-refractivity contribution in [1.29, 1.82) is 0 Å². The molecule has 0 radical (unpaired) electrons. The predicted molar refractivity (Wildman–Crippen MR) is 312 cm³/mol. The molecule has 9 heteroatoms. The van der Waals surface area contributed by atoms with Gasteiger partial charge in [0.2, 0.25) is 11.4 Å². The van der Waals surface area contributed by atoms with Crippen LogP contribution in [0.2, 0.25) is 0 Å². The fourth-order valence-corrected chi connectivity index (χ4v) is 11.2. The van der Waals surface area contributed by atoms with E-state index in [1.165, 1.54) is 21.5 Å². The minimum Gasteiger partial charge on any atom is -0.329 e. The summed E-state index contributed by atoms with van der Waals surface area (Å²) in [6, 6.07) is 75.3. The Morgan fingerprint density at radius 2 is 0.701 bits per heavy atom. The molecular formula is C68H37N9. The number of hydrogen-bond donors (Lipinski definition) is 0. The summed E-state index contributed by atoms with van der Waals surface area (Å²) < 4.78 is 6.76. The normalized spacial score (nSPS) is 11.3. The molecule has 0 aliphatic carbocycles. The number of benzene rings is 10. The Morgan fingerprint density at radius 3 is 1.17 bits per heavy atom. The molecule has 354 valence electrons. The summed E-state index contributed by atoms with van der Waals surface area (Å²) in [6.45, 7) is 32.7. The number of aromatic nitrogens is 5. The Balaban J connectivity index is 0.932. The highest BCUT2D eigenvalue weighted by atomic mass is 15.0. The van der Waals surface area contributed by atoms with E-state index in [9.17, 15) is 0 Å². The molecule has 4 aromatic heterocycles. The van der Waals surface area contributed by atoms with Crippen molar-refractivity contribution < 1.29 is 0 Å². The molecule has 0 bridgehead atoms. The van der Waals surface area contributed by atoms with Crippen molar-refractivity contribution in [3.05, 3.63) is 270 Å². The molecule has 77 heavy (non-hydrogen) atoms. The molecule has 0 atom stereocenters. The Hall–Kier alpha value is -11.4. The molecule has 0 aliphatic heterocycles. The first-order chi connectivity index (χ1) is 38.0. The molecule has 0 amide bonds. The van der Waals surface area contributed by atoms with Crippen molar-refractivity contribution in [2.45, 2.75) is 0 Å². The fourth-order valence-electron chi connectivity index (χ4n) is 11.2. The number of nitrogens with zero attached hydrogens (tertiary/aromatic N) is 9. The highest BCUT2D eigenvalue weighted by Gasteiger charge is 2.23. The second-order valence-electron chi connectivity index (χ2n) is 18.9. The third-order valence-corrected chi connectivity index (χ3v) is 14.7. The lowest BCUT2D eigenvalue weighted by Gasteiger charge is -2.16. The summed E-state index contributed by atoms with van der Waals surface area (Å²) in [7, 11) is 0. The largest absolute Gasteiger partial charge is 0.329 e.